The van der Waals surface area contributed by atoms with Gasteiger partial charge in [-0.1, -0.05) is 6.07 Å². The van der Waals surface area contributed by atoms with Crippen molar-refractivity contribution >= 4 is 21.7 Å². The van der Waals surface area contributed by atoms with Gasteiger partial charge in [0, 0.05) is 5.69 Å². The molecule has 0 spiro atoms. The number of amides is 1. The molecule has 1 rings (SSSR count). The molecule has 0 saturated heterocycles. The fraction of sp³-hybridized carbons (Fsp3) is 0.533. The number of rotatable bonds is 7. The van der Waals surface area contributed by atoms with Gasteiger partial charge in [-0.15, -0.1) is 0 Å². The lowest BCUT2D eigenvalue weighted by molar-refractivity contribution is -0.117. The van der Waals surface area contributed by atoms with Crippen LogP contribution in [0.15, 0.2) is 12.1 Å². The number of hydrogen-bond donors (Lipinski definition) is 2. The van der Waals surface area contributed by atoms with Gasteiger partial charge in [-0.3, -0.25) is 8.98 Å². The van der Waals surface area contributed by atoms with Crippen molar-refractivity contribution in [2.75, 3.05) is 18.2 Å². The number of carbonyl (C=O) groups is 1. The highest BCUT2D eigenvalue weighted by atomic mass is 32.2. The molecule has 22 heavy (non-hydrogen) atoms. The Bertz CT molecular complexity index is 641. The third-order valence-electron chi connectivity index (χ3n) is 3.61. The van der Waals surface area contributed by atoms with Crippen molar-refractivity contribution in [3.63, 3.8) is 0 Å². The first-order valence-electron chi connectivity index (χ1n) is 7.09. The summed E-state index contributed by atoms with van der Waals surface area (Å²) in [5.41, 5.74) is 9.87. The maximum atomic E-state index is 12.1. The molecule has 1 amide bonds. The van der Waals surface area contributed by atoms with Crippen LogP contribution in [0.25, 0.3) is 0 Å². The second-order valence-corrected chi connectivity index (χ2v) is 7.09. The van der Waals surface area contributed by atoms with Gasteiger partial charge in [0.1, 0.15) is 0 Å². The molecular formula is C15H24N2O4S. The van der Waals surface area contributed by atoms with E-state index < -0.39 is 16.2 Å². The van der Waals surface area contributed by atoms with Gasteiger partial charge in [0.05, 0.1) is 18.9 Å². The summed E-state index contributed by atoms with van der Waals surface area (Å²) in [6.07, 6.45) is 1.74. The molecule has 3 N–H and O–H groups in total. The third kappa shape index (κ3) is 5.75. The van der Waals surface area contributed by atoms with Crippen molar-refractivity contribution in [2.45, 2.75) is 39.7 Å². The van der Waals surface area contributed by atoms with Crippen molar-refractivity contribution in [1.29, 1.82) is 0 Å². The Kier molecular flexibility index (Phi) is 6.52. The molecule has 0 radical (unpaired) electrons. The molecule has 1 atom stereocenters. The normalized spacial score (nSPS) is 13.0. The van der Waals surface area contributed by atoms with E-state index >= 15 is 0 Å². The Morgan fingerprint density at radius 2 is 1.91 bits per heavy atom. The summed E-state index contributed by atoms with van der Waals surface area (Å²) in [6.45, 7) is 6.00. The smallest absolute Gasteiger partial charge is 0.264 e. The van der Waals surface area contributed by atoms with E-state index in [1.165, 1.54) is 0 Å². The average molecular weight is 328 g/mol. The van der Waals surface area contributed by atoms with E-state index in [0.29, 0.717) is 12.8 Å². The predicted octanol–water partition coefficient (Wildman–Crippen LogP) is 1.63. The first-order chi connectivity index (χ1) is 10.1. The van der Waals surface area contributed by atoms with Crippen LogP contribution < -0.4 is 11.1 Å². The van der Waals surface area contributed by atoms with Crippen LogP contribution in [0, 0.1) is 20.8 Å². The number of aryl methyl sites for hydroxylation is 1. The molecule has 0 aromatic heterocycles. The van der Waals surface area contributed by atoms with Gasteiger partial charge < -0.3 is 11.1 Å². The van der Waals surface area contributed by atoms with E-state index in [4.69, 9.17) is 5.73 Å². The molecule has 1 aromatic rings. The van der Waals surface area contributed by atoms with Crippen LogP contribution in [0.4, 0.5) is 5.69 Å². The van der Waals surface area contributed by atoms with Gasteiger partial charge in [0.2, 0.25) is 5.91 Å². The van der Waals surface area contributed by atoms with E-state index in [9.17, 15) is 13.2 Å². The fourth-order valence-electron chi connectivity index (χ4n) is 1.96. The summed E-state index contributed by atoms with van der Waals surface area (Å²) in [4.78, 5) is 12.1. The molecular weight excluding hydrogens is 304 g/mol. The average Bonchev–Trinajstić information content (AvgIpc) is 2.42. The lowest BCUT2D eigenvalue weighted by atomic mass is 10.0. The molecule has 7 heteroatoms. The lowest BCUT2D eigenvalue weighted by Crippen LogP contribution is -2.36. The molecule has 124 valence electrons. The molecule has 0 heterocycles. The molecule has 1 aromatic carbocycles. The van der Waals surface area contributed by atoms with Crippen LogP contribution in [0.3, 0.4) is 0 Å². The Hall–Kier alpha value is -1.44. The number of benzene rings is 1. The molecule has 0 aliphatic rings. The van der Waals surface area contributed by atoms with Gasteiger partial charge in [0.15, 0.2) is 0 Å². The highest BCUT2D eigenvalue weighted by Gasteiger charge is 2.15. The van der Waals surface area contributed by atoms with Crippen molar-refractivity contribution in [3.8, 4) is 0 Å². The zero-order chi connectivity index (χ0) is 16.9. The summed E-state index contributed by atoms with van der Waals surface area (Å²) >= 11 is 0. The molecule has 0 saturated carbocycles. The number of anilines is 1. The maximum absolute atomic E-state index is 12.1. The fourth-order valence-corrected chi connectivity index (χ4v) is 2.38. The molecule has 0 aliphatic carbocycles. The molecule has 0 aliphatic heterocycles. The van der Waals surface area contributed by atoms with Gasteiger partial charge in [-0.25, -0.2) is 0 Å². The van der Waals surface area contributed by atoms with Crippen LogP contribution >= 0.6 is 0 Å². The van der Waals surface area contributed by atoms with Gasteiger partial charge in [-0.05, 0) is 56.4 Å². The summed E-state index contributed by atoms with van der Waals surface area (Å²) in [5.74, 6) is -0.286. The van der Waals surface area contributed by atoms with E-state index in [1.807, 2.05) is 32.9 Å². The van der Waals surface area contributed by atoms with Crippen molar-refractivity contribution < 1.29 is 17.4 Å². The lowest BCUT2D eigenvalue weighted by Gasteiger charge is -2.15. The highest BCUT2D eigenvalue weighted by Crippen LogP contribution is 2.21. The minimum Gasteiger partial charge on any atom is -0.324 e. The number of hydrogen-bond acceptors (Lipinski definition) is 5. The Morgan fingerprint density at radius 1 is 1.27 bits per heavy atom. The summed E-state index contributed by atoms with van der Waals surface area (Å²) in [5, 5.41) is 2.81. The standard InChI is InChI=1S/C15H24N2O4S/c1-10-7-8-14(12(3)11(10)2)17-15(18)13(16)6-5-9-21-22(4,19)20/h7-8,13H,5-6,9,16H2,1-4H3,(H,17,18). The van der Waals surface area contributed by atoms with E-state index in [-0.39, 0.29) is 12.5 Å². The van der Waals surface area contributed by atoms with Crippen LogP contribution in [0.5, 0.6) is 0 Å². The van der Waals surface area contributed by atoms with Crippen LogP contribution in [0.2, 0.25) is 0 Å². The summed E-state index contributed by atoms with van der Waals surface area (Å²) in [6, 6.07) is 3.10. The highest BCUT2D eigenvalue weighted by molar-refractivity contribution is 7.85. The zero-order valence-corrected chi connectivity index (χ0v) is 14.3. The number of carbonyl (C=O) groups excluding carboxylic acids is 1. The minimum atomic E-state index is -3.45. The molecule has 6 nitrogen and oxygen atoms in total. The Balaban J connectivity index is 2.53. The topological polar surface area (TPSA) is 98.5 Å². The van der Waals surface area contributed by atoms with Crippen molar-refractivity contribution in [2.24, 2.45) is 5.73 Å². The van der Waals surface area contributed by atoms with Gasteiger partial charge >= 0.3 is 0 Å². The molecule has 0 fully saturated rings. The first kappa shape index (κ1) is 18.6. The Morgan fingerprint density at radius 3 is 2.50 bits per heavy atom. The third-order valence-corrected chi connectivity index (χ3v) is 4.20. The zero-order valence-electron chi connectivity index (χ0n) is 13.5. The van der Waals surface area contributed by atoms with Gasteiger partial charge in [-0.2, -0.15) is 8.42 Å². The largest absolute Gasteiger partial charge is 0.324 e. The van der Waals surface area contributed by atoms with E-state index in [2.05, 4.69) is 9.50 Å². The van der Waals surface area contributed by atoms with Gasteiger partial charge in [0.25, 0.3) is 10.1 Å². The molecule has 1 unspecified atom stereocenters. The predicted molar refractivity (Wildman–Crippen MR) is 87.3 cm³/mol. The number of nitrogens with two attached hydrogens (primary N) is 1. The minimum absolute atomic E-state index is 0.0302. The second-order valence-electron chi connectivity index (χ2n) is 5.44. The van der Waals surface area contributed by atoms with Crippen LogP contribution in [0.1, 0.15) is 29.5 Å². The van der Waals surface area contributed by atoms with Crippen LogP contribution in [-0.2, 0) is 19.1 Å². The maximum Gasteiger partial charge on any atom is 0.264 e. The second kappa shape index (κ2) is 7.71. The first-order valence-corrected chi connectivity index (χ1v) is 8.91. The van der Waals surface area contributed by atoms with Crippen LogP contribution in [-0.4, -0.2) is 33.2 Å². The monoisotopic (exact) mass is 328 g/mol. The quantitative estimate of drug-likeness (QED) is 0.585. The Labute approximate surface area is 132 Å². The number of nitrogens with one attached hydrogen (secondary N) is 1. The molecule has 0 bridgehead atoms. The summed E-state index contributed by atoms with van der Waals surface area (Å²) < 4.78 is 26.2. The van der Waals surface area contributed by atoms with Crippen molar-refractivity contribution in [1.82, 2.24) is 0 Å². The summed E-state index contributed by atoms with van der Waals surface area (Å²) in [7, 11) is -3.45. The van der Waals surface area contributed by atoms with Crippen molar-refractivity contribution in [3.05, 3.63) is 28.8 Å². The van der Waals surface area contributed by atoms with E-state index in [0.717, 1.165) is 28.6 Å². The SMILES string of the molecule is Cc1ccc(NC(=O)C(N)CCCOS(C)(=O)=O)c(C)c1C. The van der Waals surface area contributed by atoms with E-state index in [1.54, 1.807) is 0 Å².